The second-order valence-corrected chi connectivity index (χ2v) is 5.55. The lowest BCUT2D eigenvalue weighted by molar-refractivity contribution is -0.123. The highest BCUT2D eigenvalue weighted by Crippen LogP contribution is 2.34. The molecule has 7 nitrogen and oxygen atoms in total. The van der Waals surface area contributed by atoms with Gasteiger partial charge in [0.1, 0.15) is 12.3 Å². The van der Waals surface area contributed by atoms with Crippen LogP contribution in [0.15, 0.2) is 48.5 Å². The Morgan fingerprint density at radius 1 is 1.08 bits per heavy atom. The van der Waals surface area contributed by atoms with Gasteiger partial charge in [-0.05, 0) is 30.3 Å². The Morgan fingerprint density at radius 2 is 1.84 bits per heavy atom. The molecule has 1 aliphatic rings. The van der Waals surface area contributed by atoms with Crippen molar-refractivity contribution in [1.29, 1.82) is 0 Å². The fourth-order valence-electron chi connectivity index (χ4n) is 2.52. The van der Waals surface area contributed by atoms with Gasteiger partial charge in [0.05, 0.1) is 5.69 Å². The summed E-state index contributed by atoms with van der Waals surface area (Å²) in [5.74, 6) is -0.384. The van der Waals surface area contributed by atoms with E-state index in [0.29, 0.717) is 22.8 Å². The highest BCUT2D eigenvalue weighted by atomic mass is 16.5. The Labute approximate surface area is 144 Å². The van der Waals surface area contributed by atoms with Gasteiger partial charge in [-0.15, -0.1) is 0 Å². The number of hydrogen-bond acceptors (Lipinski definition) is 4. The van der Waals surface area contributed by atoms with Crippen LogP contribution in [0.25, 0.3) is 0 Å². The Bertz CT molecular complexity index is 820. The lowest BCUT2D eigenvalue weighted by Crippen LogP contribution is -2.43. The van der Waals surface area contributed by atoms with Crippen LogP contribution in [-0.2, 0) is 14.4 Å². The van der Waals surface area contributed by atoms with E-state index in [2.05, 4.69) is 10.6 Å². The predicted octanol–water partition coefficient (Wildman–Crippen LogP) is 2.01. The van der Waals surface area contributed by atoms with Gasteiger partial charge < -0.3 is 15.4 Å². The second-order valence-electron chi connectivity index (χ2n) is 5.55. The van der Waals surface area contributed by atoms with Crippen molar-refractivity contribution in [2.24, 2.45) is 0 Å². The van der Waals surface area contributed by atoms with Crippen LogP contribution in [0, 0.1) is 0 Å². The van der Waals surface area contributed by atoms with Crippen LogP contribution < -0.4 is 20.3 Å². The fourth-order valence-corrected chi connectivity index (χ4v) is 2.52. The fraction of sp³-hybridized carbons (Fsp3) is 0.167. The second kappa shape index (κ2) is 7.04. The molecule has 0 spiro atoms. The van der Waals surface area contributed by atoms with Crippen molar-refractivity contribution in [2.45, 2.75) is 6.92 Å². The van der Waals surface area contributed by atoms with E-state index >= 15 is 0 Å². The van der Waals surface area contributed by atoms with E-state index in [-0.39, 0.29) is 30.9 Å². The molecule has 2 aromatic carbocycles. The zero-order valence-electron chi connectivity index (χ0n) is 13.6. The number of para-hydroxylation sites is 1. The largest absolute Gasteiger partial charge is 0.482 e. The molecule has 0 saturated carbocycles. The normalized spacial score (nSPS) is 12.8. The first-order valence-corrected chi connectivity index (χ1v) is 7.72. The Kier molecular flexibility index (Phi) is 4.65. The van der Waals surface area contributed by atoms with Crippen LogP contribution in [0.1, 0.15) is 6.92 Å². The lowest BCUT2D eigenvalue weighted by Gasteiger charge is -2.29. The third-order valence-corrected chi connectivity index (χ3v) is 3.58. The van der Waals surface area contributed by atoms with Crippen LogP contribution in [0.4, 0.5) is 17.1 Å². The SMILES string of the molecule is CC(=O)Nc1ccc2c(c1)N(CC(=O)Nc1ccccc1)C(=O)CO2. The number of ether oxygens (including phenoxy) is 1. The molecule has 0 fully saturated rings. The first kappa shape index (κ1) is 16.5. The smallest absolute Gasteiger partial charge is 0.265 e. The highest BCUT2D eigenvalue weighted by molar-refractivity contribution is 6.05. The van der Waals surface area contributed by atoms with Crippen molar-refractivity contribution in [1.82, 2.24) is 0 Å². The molecule has 0 radical (unpaired) electrons. The molecule has 0 aromatic heterocycles. The van der Waals surface area contributed by atoms with Gasteiger partial charge in [0.25, 0.3) is 5.91 Å². The molecule has 0 saturated heterocycles. The summed E-state index contributed by atoms with van der Waals surface area (Å²) in [7, 11) is 0. The number of carbonyl (C=O) groups is 3. The van der Waals surface area contributed by atoms with Crippen LogP contribution in [-0.4, -0.2) is 30.9 Å². The maximum atomic E-state index is 12.3. The average Bonchev–Trinajstić information content (AvgIpc) is 2.58. The van der Waals surface area contributed by atoms with Crippen LogP contribution >= 0.6 is 0 Å². The number of nitrogens with zero attached hydrogens (tertiary/aromatic N) is 1. The summed E-state index contributed by atoms with van der Waals surface area (Å²) in [6.07, 6.45) is 0. The first-order chi connectivity index (χ1) is 12.0. The molecule has 128 valence electrons. The van der Waals surface area contributed by atoms with E-state index in [1.165, 1.54) is 11.8 Å². The number of fused-ring (bicyclic) bond motifs is 1. The minimum atomic E-state index is -0.323. The first-order valence-electron chi connectivity index (χ1n) is 7.72. The lowest BCUT2D eigenvalue weighted by atomic mass is 10.2. The number of rotatable bonds is 4. The number of anilines is 3. The molecular weight excluding hydrogens is 322 g/mol. The summed E-state index contributed by atoms with van der Waals surface area (Å²) in [4.78, 5) is 37.1. The third kappa shape index (κ3) is 3.95. The van der Waals surface area contributed by atoms with Gasteiger partial charge >= 0.3 is 0 Å². The topological polar surface area (TPSA) is 87.7 Å². The number of nitrogens with one attached hydrogen (secondary N) is 2. The van der Waals surface area contributed by atoms with Crippen molar-refractivity contribution in [2.75, 3.05) is 28.7 Å². The molecule has 3 rings (SSSR count). The number of carbonyl (C=O) groups excluding carboxylic acids is 3. The maximum Gasteiger partial charge on any atom is 0.265 e. The van der Waals surface area contributed by atoms with Crippen LogP contribution in [0.2, 0.25) is 0 Å². The van der Waals surface area contributed by atoms with E-state index < -0.39 is 0 Å². The van der Waals surface area contributed by atoms with E-state index in [1.54, 1.807) is 30.3 Å². The standard InChI is InChI=1S/C18H17N3O4/c1-12(22)19-14-7-8-16-15(9-14)21(18(24)11-25-16)10-17(23)20-13-5-3-2-4-6-13/h2-9H,10-11H2,1H3,(H,19,22)(H,20,23). The quantitative estimate of drug-likeness (QED) is 0.892. The summed E-state index contributed by atoms with van der Waals surface area (Å²) in [6.45, 7) is 1.12. The molecule has 0 bridgehead atoms. The molecule has 2 N–H and O–H groups in total. The van der Waals surface area contributed by atoms with Crippen molar-refractivity contribution in [3.63, 3.8) is 0 Å². The summed E-state index contributed by atoms with van der Waals surface area (Å²) in [5.41, 5.74) is 1.63. The van der Waals surface area contributed by atoms with E-state index in [4.69, 9.17) is 4.74 Å². The van der Waals surface area contributed by atoms with Crippen molar-refractivity contribution in [3.8, 4) is 5.75 Å². The minimum Gasteiger partial charge on any atom is -0.482 e. The molecule has 0 aliphatic carbocycles. The van der Waals surface area contributed by atoms with Gasteiger partial charge in [0.15, 0.2) is 6.61 Å². The summed E-state index contributed by atoms with van der Waals surface area (Å²) in [5, 5.41) is 5.39. The highest BCUT2D eigenvalue weighted by Gasteiger charge is 2.27. The number of benzene rings is 2. The van der Waals surface area contributed by atoms with E-state index in [1.807, 2.05) is 18.2 Å². The molecule has 7 heteroatoms. The number of hydrogen-bond donors (Lipinski definition) is 2. The van der Waals surface area contributed by atoms with Crippen molar-refractivity contribution in [3.05, 3.63) is 48.5 Å². The van der Waals surface area contributed by atoms with E-state index in [9.17, 15) is 14.4 Å². The van der Waals surface area contributed by atoms with Gasteiger partial charge in [-0.1, -0.05) is 18.2 Å². The van der Waals surface area contributed by atoms with Gasteiger partial charge in [-0.2, -0.15) is 0 Å². The van der Waals surface area contributed by atoms with Crippen LogP contribution in [0.5, 0.6) is 5.75 Å². The summed E-state index contributed by atoms with van der Waals surface area (Å²) >= 11 is 0. The van der Waals surface area contributed by atoms with Gasteiger partial charge in [-0.3, -0.25) is 19.3 Å². The number of amides is 3. The third-order valence-electron chi connectivity index (χ3n) is 3.58. The molecule has 2 aromatic rings. The summed E-state index contributed by atoms with van der Waals surface area (Å²) in [6, 6.07) is 14.0. The zero-order valence-corrected chi connectivity index (χ0v) is 13.6. The predicted molar refractivity (Wildman–Crippen MR) is 93.7 cm³/mol. The maximum absolute atomic E-state index is 12.3. The Morgan fingerprint density at radius 3 is 2.56 bits per heavy atom. The van der Waals surface area contributed by atoms with Gasteiger partial charge in [0.2, 0.25) is 11.8 Å². The molecule has 0 unspecified atom stereocenters. The monoisotopic (exact) mass is 339 g/mol. The van der Waals surface area contributed by atoms with Gasteiger partial charge in [0, 0.05) is 18.3 Å². The Hall–Kier alpha value is -3.35. The van der Waals surface area contributed by atoms with Gasteiger partial charge in [-0.25, -0.2) is 0 Å². The van der Waals surface area contributed by atoms with Crippen molar-refractivity contribution < 1.29 is 19.1 Å². The molecule has 1 heterocycles. The Balaban J connectivity index is 1.80. The average molecular weight is 339 g/mol. The van der Waals surface area contributed by atoms with Crippen LogP contribution in [0.3, 0.4) is 0 Å². The molecule has 0 atom stereocenters. The molecule has 3 amide bonds. The molecular formula is C18H17N3O4. The summed E-state index contributed by atoms with van der Waals surface area (Å²) < 4.78 is 5.39. The molecule has 25 heavy (non-hydrogen) atoms. The van der Waals surface area contributed by atoms with Crippen molar-refractivity contribution >= 4 is 34.8 Å². The van der Waals surface area contributed by atoms with E-state index in [0.717, 1.165) is 0 Å². The minimum absolute atomic E-state index is 0.134. The zero-order chi connectivity index (χ0) is 17.8. The molecule has 1 aliphatic heterocycles.